The highest BCUT2D eigenvalue weighted by molar-refractivity contribution is 7.93. The Morgan fingerprint density at radius 2 is 1.78 bits per heavy atom. The SMILES string of the molecule is O=C(O)C(O)=CC(=O)c1csc(S(=O)(=O)c2ccc(F)cc2)n1. The normalized spacial score (nSPS) is 12.1. The Morgan fingerprint density at radius 1 is 1.17 bits per heavy atom. The lowest BCUT2D eigenvalue weighted by Crippen LogP contribution is -2.06. The average Bonchev–Trinajstić information content (AvgIpc) is 2.98. The van der Waals surface area contributed by atoms with Crippen LogP contribution in [0.5, 0.6) is 0 Å². The van der Waals surface area contributed by atoms with Crippen LogP contribution < -0.4 is 0 Å². The first kappa shape index (κ1) is 16.8. The summed E-state index contributed by atoms with van der Waals surface area (Å²) in [6.45, 7) is 0. The first-order valence-corrected chi connectivity index (χ1v) is 8.22. The van der Waals surface area contributed by atoms with Crippen LogP contribution in [0.3, 0.4) is 0 Å². The van der Waals surface area contributed by atoms with E-state index >= 15 is 0 Å². The summed E-state index contributed by atoms with van der Waals surface area (Å²) >= 11 is 0.647. The molecule has 0 unspecified atom stereocenters. The zero-order valence-electron chi connectivity index (χ0n) is 11.1. The molecule has 10 heteroatoms. The molecule has 0 radical (unpaired) electrons. The summed E-state index contributed by atoms with van der Waals surface area (Å²) < 4.78 is 37.0. The molecule has 1 aromatic heterocycles. The van der Waals surface area contributed by atoms with Crippen molar-refractivity contribution < 1.29 is 32.6 Å². The third kappa shape index (κ3) is 3.60. The summed E-state index contributed by atoms with van der Waals surface area (Å²) in [5, 5.41) is 18.6. The molecule has 120 valence electrons. The molecule has 2 rings (SSSR count). The van der Waals surface area contributed by atoms with Crippen molar-refractivity contribution in [2.24, 2.45) is 0 Å². The second-order valence-corrected chi connectivity index (χ2v) is 7.14. The highest BCUT2D eigenvalue weighted by Gasteiger charge is 2.23. The first-order chi connectivity index (χ1) is 10.7. The Morgan fingerprint density at radius 3 is 2.35 bits per heavy atom. The Bertz CT molecular complexity index is 899. The number of aliphatic hydroxyl groups is 1. The number of carboxylic acids is 1. The predicted molar refractivity (Wildman–Crippen MR) is 76.6 cm³/mol. The first-order valence-electron chi connectivity index (χ1n) is 5.86. The lowest BCUT2D eigenvalue weighted by Gasteiger charge is -2.00. The highest BCUT2D eigenvalue weighted by atomic mass is 32.2. The molecular weight excluding hydrogens is 349 g/mol. The van der Waals surface area contributed by atoms with Gasteiger partial charge in [0, 0.05) is 11.5 Å². The number of sulfone groups is 1. The minimum atomic E-state index is -4.02. The van der Waals surface area contributed by atoms with Gasteiger partial charge in [0.2, 0.25) is 25.7 Å². The maximum Gasteiger partial charge on any atom is 0.371 e. The number of nitrogens with zero attached hydrogens (tertiary/aromatic N) is 1. The molecule has 0 amide bonds. The summed E-state index contributed by atoms with van der Waals surface area (Å²) in [7, 11) is -4.02. The quantitative estimate of drug-likeness (QED) is 0.362. The van der Waals surface area contributed by atoms with Gasteiger partial charge >= 0.3 is 5.97 Å². The van der Waals surface area contributed by atoms with Gasteiger partial charge in [-0.3, -0.25) is 4.79 Å². The Labute approximate surface area is 133 Å². The summed E-state index contributed by atoms with van der Waals surface area (Å²) in [6, 6.07) is 4.06. The van der Waals surface area contributed by atoms with Crippen LogP contribution in [0.4, 0.5) is 4.39 Å². The van der Waals surface area contributed by atoms with Gasteiger partial charge in [-0.1, -0.05) is 0 Å². The van der Waals surface area contributed by atoms with Gasteiger partial charge in [0.05, 0.1) is 4.90 Å². The van der Waals surface area contributed by atoms with E-state index in [1.54, 1.807) is 0 Å². The molecule has 23 heavy (non-hydrogen) atoms. The molecule has 2 N–H and O–H groups in total. The number of benzene rings is 1. The van der Waals surface area contributed by atoms with Crippen LogP contribution in [0.25, 0.3) is 0 Å². The van der Waals surface area contributed by atoms with Gasteiger partial charge in [-0.05, 0) is 24.3 Å². The molecule has 0 fully saturated rings. The van der Waals surface area contributed by atoms with E-state index in [0.717, 1.165) is 29.6 Å². The third-order valence-electron chi connectivity index (χ3n) is 2.58. The van der Waals surface area contributed by atoms with Gasteiger partial charge in [-0.15, -0.1) is 11.3 Å². The molecule has 0 aliphatic carbocycles. The van der Waals surface area contributed by atoms with Gasteiger partial charge in [0.1, 0.15) is 11.5 Å². The van der Waals surface area contributed by atoms with Crippen LogP contribution in [-0.2, 0) is 14.6 Å². The topological polar surface area (TPSA) is 122 Å². The maximum absolute atomic E-state index is 12.8. The van der Waals surface area contributed by atoms with E-state index in [4.69, 9.17) is 10.2 Å². The molecular formula is C13H8FNO6S2. The number of ketones is 1. The van der Waals surface area contributed by atoms with Gasteiger partial charge in [-0.25, -0.2) is 22.6 Å². The molecule has 0 spiro atoms. The molecule has 0 saturated heterocycles. The van der Waals surface area contributed by atoms with Crippen molar-refractivity contribution in [1.29, 1.82) is 0 Å². The standard InChI is InChI=1S/C13H8FNO6S2/c14-7-1-3-8(4-2-7)23(20,21)13-15-9(6-22-13)10(16)5-11(17)12(18)19/h1-6,17H,(H,18,19). The predicted octanol–water partition coefficient (Wildman–Crippen LogP) is 1.82. The molecule has 0 aliphatic rings. The fourth-order valence-corrected chi connectivity index (χ4v) is 3.85. The number of hydrogen-bond acceptors (Lipinski definition) is 7. The molecule has 1 heterocycles. The number of aromatic nitrogens is 1. The van der Waals surface area contributed by atoms with Crippen molar-refractivity contribution in [1.82, 2.24) is 4.98 Å². The van der Waals surface area contributed by atoms with Crippen molar-refractivity contribution in [2.45, 2.75) is 9.24 Å². The van der Waals surface area contributed by atoms with Gasteiger partial charge < -0.3 is 10.2 Å². The molecule has 0 atom stereocenters. The molecule has 0 saturated carbocycles. The monoisotopic (exact) mass is 357 g/mol. The fraction of sp³-hybridized carbons (Fsp3) is 0. The molecule has 0 aliphatic heterocycles. The highest BCUT2D eigenvalue weighted by Crippen LogP contribution is 2.24. The number of hydrogen-bond donors (Lipinski definition) is 2. The lowest BCUT2D eigenvalue weighted by atomic mass is 10.3. The molecule has 1 aromatic carbocycles. The summed E-state index contributed by atoms with van der Waals surface area (Å²) in [5.74, 6) is -4.45. The Kier molecular flexibility index (Phi) is 4.57. The van der Waals surface area contributed by atoms with E-state index < -0.39 is 37.5 Å². The van der Waals surface area contributed by atoms with E-state index in [0.29, 0.717) is 17.4 Å². The van der Waals surface area contributed by atoms with E-state index in [9.17, 15) is 22.4 Å². The number of aliphatic hydroxyl groups excluding tert-OH is 1. The van der Waals surface area contributed by atoms with E-state index in [2.05, 4.69) is 4.98 Å². The van der Waals surface area contributed by atoms with E-state index in [1.165, 1.54) is 0 Å². The fourth-order valence-electron chi connectivity index (χ4n) is 1.47. The van der Waals surface area contributed by atoms with Crippen molar-refractivity contribution in [3.8, 4) is 0 Å². The Hall–Kier alpha value is -2.59. The zero-order chi connectivity index (χ0) is 17.2. The number of halogens is 1. The van der Waals surface area contributed by atoms with Crippen LogP contribution >= 0.6 is 11.3 Å². The maximum atomic E-state index is 12.8. The molecule has 7 nitrogen and oxygen atoms in total. The Balaban J connectivity index is 2.35. The summed E-state index contributed by atoms with van der Waals surface area (Å²) in [4.78, 5) is 25.5. The van der Waals surface area contributed by atoms with Crippen LogP contribution in [0.1, 0.15) is 10.5 Å². The number of carbonyl (C=O) groups excluding carboxylic acids is 1. The van der Waals surface area contributed by atoms with Gasteiger partial charge in [0.25, 0.3) is 0 Å². The second-order valence-electron chi connectivity index (χ2n) is 4.15. The molecule has 2 aromatic rings. The zero-order valence-corrected chi connectivity index (χ0v) is 12.8. The van der Waals surface area contributed by atoms with Crippen LogP contribution in [0, 0.1) is 5.82 Å². The number of thiazole rings is 1. The number of rotatable bonds is 5. The van der Waals surface area contributed by atoms with Crippen molar-refractivity contribution >= 4 is 32.9 Å². The summed E-state index contributed by atoms with van der Waals surface area (Å²) in [5.41, 5.74) is -0.330. The minimum absolute atomic E-state index is 0.198. The van der Waals surface area contributed by atoms with E-state index in [-0.39, 0.29) is 10.6 Å². The number of allylic oxidation sites excluding steroid dienone is 1. The lowest BCUT2D eigenvalue weighted by molar-refractivity contribution is -0.135. The van der Waals surface area contributed by atoms with E-state index in [1.807, 2.05) is 0 Å². The molecule has 0 bridgehead atoms. The van der Waals surface area contributed by atoms with Crippen LogP contribution in [0.15, 0.2) is 50.7 Å². The van der Waals surface area contributed by atoms with Crippen molar-refractivity contribution in [3.63, 3.8) is 0 Å². The average molecular weight is 357 g/mol. The summed E-state index contributed by atoms with van der Waals surface area (Å²) in [6.07, 6.45) is 0.422. The van der Waals surface area contributed by atoms with Crippen LogP contribution in [0.2, 0.25) is 0 Å². The smallest absolute Gasteiger partial charge is 0.371 e. The van der Waals surface area contributed by atoms with Crippen LogP contribution in [-0.4, -0.2) is 35.4 Å². The van der Waals surface area contributed by atoms with Gasteiger partial charge in [0.15, 0.2) is 0 Å². The van der Waals surface area contributed by atoms with Crippen molar-refractivity contribution in [2.75, 3.05) is 0 Å². The number of aliphatic carboxylic acids is 1. The van der Waals surface area contributed by atoms with Crippen molar-refractivity contribution in [3.05, 3.63) is 53.0 Å². The third-order valence-corrected chi connectivity index (χ3v) is 5.60. The number of carbonyl (C=O) groups is 2. The minimum Gasteiger partial charge on any atom is -0.502 e. The second kappa shape index (κ2) is 6.26. The van der Waals surface area contributed by atoms with Gasteiger partial charge in [-0.2, -0.15) is 0 Å². The number of carboxylic acid groups (broad SMARTS) is 1. The largest absolute Gasteiger partial charge is 0.502 e.